The standard InChI is InChI=1S/C6H8O2/c7-6(8)5-3-1-4(5)2-3/h3-5H,1-2H2,(H,7,8). The number of hydrogen-bond donors (Lipinski definition) is 1. The van der Waals surface area contributed by atoms with Gasteiger partial charge in [-0.15, -0.1) is 0 Å². The van der Waals surface area contributed by atoms with Crippen molar-refractivity contribution in [3.8, 4) is 0 Å². The molecule has 2 nitrogen and oxygen atoms in total. The van der Waals surface area contributed by atoms with Gasteiger partial charge in [-0.2, -0.15) is 0 Å². The van der Waals surface area contributed by atoms with Crippen LogP contribution in [0.15, 0.2) is 0 Å². The van der Waals surface area contributed by atoms with Crippen LogP contribution in [0.25, 0.3) is 0 Å². The van der Waals surface area contributed by atoms with Crippen LogP contribution in [-0.4, -0.2) is 11.1 Å². The van der Waals surface area contributed by atoms with E-state index in [1.807, 2.05) is 0 Å². The molecule has 0 saturated heterocycles. The maximum Gasteiger partial charge on any atom is 0.307 e. The molecule has 44 valence electrons. The maximum absolute atomic E-state index is 10.2. The number of hydrogen-bond acceptors (Lipinski definition) is 1. The second-order valence-electron chi connectivity index (χ2n) is 2.86. The highest BCUT2D eigenvalue weighted by Gasteiger charge is 2.56. The molecular formula is C6H8O2. The molecule has 0 spiro atoms. The van der Waals surface area contributed by atoms with Gasteiger partial charge in [-0.25, -0.2) is 0 Å². The number of carboxylic acids is 1. The number of carbonyl (C=O) groups is 1. The third-order valence-electron chi connectivity index (χ3n) is 2.51. The Labute approximate surface area is 47.5 Å². The Balaban J connectivity index is 2.03. The molecule has 3 aliphatic carbocycles. The lowest BCUT2D eigenvalue weighted by molar-refractivity contribution is -0.170. The molecule has 0 aromatic rings. The fourth-order valence-corrected chi connectivity index (χ4v) is 1.69. The van der Waals surface area contributed by atoms with Crippen LogP contribution in [0.2, 0.25) is 0 Å². The SMILES string of the molecule is O=C(O)C1C2CC1C2. The van der Waals surface area contributed by atoms with Gasteiger partial charge in [0.25, 0.3) is 0 Å². The molecule has 0 aliphatic heterocycles. The van der Waals surface area contributed by atoms with Crippen molar-refractivity contribution in [3.05, 3.63) is 0 Å². The van der Waals surface area contributed by atoms with Crippen LogP contribution in [0.1, 0.15) is 12.8 Å². The highest BCUT2D eigenvalue weighted by Crippen LogP contribution is 2.58. The lowest BCUT2D eigenvalue weighted by Gasteiger charge is -2.55. The van der Waals surface area contributed by atoms with E-state index < -0.39 is 5.97 Å². The largest absolute Gasteiger partial charge is 0.481 e. The average Bonchev–Trinajstić information content (AvgIpc) is 1.14. The predicted octanol–water partition coefficient (Wildman–Crippen LogP) is 0.727. The molecule has 1 N–H and O–H groups in total. The van der Waals surface area contributed by atoms with Crippen molar-refractivity contribution in [2.75, 3.05) is 0 Å². The first-order chi connectivity index (χ1) is 3.79. The smallest absolute Gasteiger partial charge is 0.307 e. The summed E-state index contributed by atoms with van der Waals surface area (Å²) in [5, 5.41) is 8.43. The summed E-state index contributed by atoms with van der Waals surface area (Å²) in [6, 6.07) is 0. The van der Waals surface area contributed by atoms with Crippen LogP contribution in [0.3, 0.4) is 0 Å². The zero-order valence-corrected chi connectivity index (χ0v) is 4.50. The van der Waals surface area contributed by atoms with Gasteiger partial charge < -0.3 is 5.11 Å². The van der Waals surface area contributed by atoms with Gasteiger partial charge in [-0.1, -0.05) is 0 Å². The Morgan fingerprint density at radius 2 is 1.88 bits per heavy atom. The van der Waals surface area contributed by atoms with Crippen LogP contribution >= 0.6 is 0 Å². The van der Waals surface area contributed by atoms with E-state index in [1.54, 1.807) is 0 Å². The average molecular weight is 112 g/mol. The van der Waals surface area contributed by atoms with Crippen molar-refractivity contribution in [3.63, 3.8) is 0 Å². The number of rotatable bonds is 1. The van der Waals surface area contributed by atoms with Gasteiger partial charge in [0.1, 0.15) is 0 Å². The molecule has 0 radical (unpaired) electrons. The second-order valence-corrected chi connectivity index (χ2v) is 2.86. The molecule has 0 unspecified atom stereocenters. The van der Waals surface area contributed by atoms with Crippen molar-refractivity contribution < 1.29 is 9.90 Å². The minimum atomic E-state index is -0.572. The molecule has 2 bridgehead atoms. The summed E-state index contributed by atoms with van der Waals surface area (Å²) < 4.78 is 0. The van der Waals surface area contributed by atoms with Crippen molar-refractivity contribution in [2.45, 2.75) is 12.8 Å². The Bertz CT molecular complexity index is 127. The Morgan fingerprint density at radius 3 is 1.88 bits per heavy atom. The van der Waals surface area contributed by atoms with Crippen molar-refractivity contribution in [1.29, 1.82) is 0 Å². The second kappa shape index (κ2) is 1.07. The zero-order valence-electron chi connectivity index (χ0n) is 4.50. The molecule has 3 fully saturated rings. The number of carboxylic acid groups (broad SMARTS) is 1. The fourth-order valence-electron chi connectivity index (χ4n) is 1.69. The first kappa shape index (κ1) is 4.36. The van der Waals surface area contributed by atoms with Crippen LogP contribution in [-0.2, 0) is 4.79 Å². The van der Waals surface area contributed by atoms with Crippen molar-refractivity contribution >= 4 is 5.97 Å². The minimum absolute atomic E-state index is 0.0648. The van der Waals surface area contributed by atoms with E-state index in [-0.39, 0.29) is 5.92 Å². The summed E-state index contributed by atoms with van der Waals surface area (Å²) >= 11 is 0. The Hall–Kier alpha value is -0.530. The first-order valence-electron chi connectivity index (χ1n) is 3.02. The van der Waals surface area contributed by atoms with Crippen LogP contribution in [0.5, 0.6) is 0 Å². The normalized spacial score (nSPS) is 49.2. The topological polar surface area (TPSA) is 37.3 Å². The van der Waals surface area contributed by atoms with E-state index in [4.69, 9.17) is 5.11 Å². The molecule has 3 aliphatic rings. The first-order valence-corrected chi connectivity index (χ1v) is 3.02. The van der Waals surface area contributed by atoms with Gasteiger partial charge in [-0.05, 0) is 24.7 Å². The van der Waals surface area contributed by atoms with E-state index >= 15 is 0 Å². The Morgan fingerprint density at radius 1 is 1.38 bits per heavy atom. The summed E-state index contributed by atoms with van der Waals surface area (Å²) in [7, 11) is 0. The lowest BCUT2D eigenvalue weighted by atomic mass is 9.48. The van der Waals surface area contributed by atoms with Gasteiger partial charge in [0, 0.05) is 0 Å². The van der Waals surface area contributed by atoms with Gasteiger partial charge in [0.15, 0.2) is 0 Å². The third kappa shape index (κ3) is 0.288. The lowest BCUT2D eigenvalue weighted by Crippen LogP contribution is -2.54. The van der Waals surface area contributed by atoms with Crippen LogP contribution in [0, 0.1) is 17.8 Å². The van der Waals surface area contributed by atoms with Crippen molar-refractivity contribution in [1.82, 2.24) is 0 Å². The summed E-state index contributed by atoms with van der Waals surface area (Å²) in [6.07, 6.45) is 2.38. The summed E-state index contributed by atoms with van der Waals surface area (Å²) in [5.74, 6) is 0.627. The van der Waals surface area contributed by atoms with Gasteiger partial charge >= 0.3 is 5.97 Å². The highest BCUT2D eigenvalue weighted by molar-refractivity contribution is 5.73. The molecule has 0 aromatic carbocycles. The van der Waals surface area contributed by atoms with E-state index in [2.05, 4.69) is 0 Å². The van der Waals surface area contributed by atoms with Gasteiger partial charge in [-0.3, -0.25) is 4.79 Å². The Kier molecular flexibility index (Phi) is 0.581. The molecule has 8 heavy (non-hydrogen) atoms. The highest BCUT2D eigenvalue weighted by atomic mass is 16.4. The molecule has 0 atom stereocenters. The predicted molar refractivity (Wildman–Crippen MR) is 27.3 cm³/mol. The maximum atomic E-state index is 10.2. The van der Waals surface area contributed by atoms with Crippen LogP contribution in [0.4, 0.5) is 0 Å². The van der Waals surface area contributed by atoms with Crippen molar-refractivity contribution in [2.24, 2.45) is 17.8 Å². The van der Waals surface area contributed by atoms with E-state index in [1.165, 1.54) is 12.8 Å². The summed E-state index contributed by atoms with van der Waals surface area (Å²) in [6.45, 7) is 0. The van der Waals surface area contributed by atoms with E-state index in [9.17, 15) is 4.79 Å². The van der Waals surface area contributed by atoms with Crippen LogP contribution < -0.4 is 0 Å². The molecule has 0 aromatic heterocycles. The van der Waals surface area contributed by atoms with E-state index in [0.29, 0.717) is 11.8 Å². The molecule has 3 saturated carbocycles. The minimum Gasteiger partial charge on any atom is -0.481 e. The summed E-state index contributed by atoms with van der Waals surface area (Å²) in [4.78, 5) is 10.2. The zero-order chi connectivity index (χ0) is 5.72. The van der Waals surface area contributed by atoms with Gasteiger partial charge in [0.05, 0.1) is 5.92 Å². The quantitative estimate of drug-likeness (QED) is 0.542. The van der Waals surface area contributed by atoms with E-state index in [0.717, 1.165) is 0 Å². The molecule has 3 rings (SSSR count). The molecule has 0 heterocycles. The fraction of sp³-hybridized carbons (Fsp3) is 0.833. The number of aliphatic carboxylic acids is 1. The monoisotopic (exact) mass is 112 g/mol. The molecular weight excluding hydrogens is 104 g/mol. The molecule has 2 heteroatoms. The third-order valence-corrected chi connectivity index (χ3v) is 2.51. The molecule has 0 amide bonds. The summed E-state index contributed by atoms with van der Waals surface area (Å²) in [5.41, 5.74) is 0. The van der Waals surface area contributed by atoms with Gasteiger partial charge in [0.2, 0.25) is 0 Å².